The fourth-order valence-electron chi connectivity index (χ4n) is 6.40. The van der Waals surface area contributed by atoms with Crippen LogP contribution in [-0.2, 0) is 11.2 Å². The summed E-state index contributed by atoms with van der Waals surface area (Å²) in [6, 6.07) is 16.2. The van der Waals surface area contributed by atoms with Gasteiger partial charge in [-0.3, -0.25) is 4.79 Å². The van der Waals surface area contributed by atoms with E-state index in [0.29, 0.717) is 24.1 Å². The molecule has 172 valence electrons. The molecule has 0 spiro atoms. The molecular weight excluding hydrogens is 424 g/mol. The fraction of sp³-hybridized carbons (Fsp3) is 0.357. The van der Waals surface area contributed by atoms with E-state index in [9.17, 15) is 9.90 Å². The Morgan fingerprint density at radius 2 is 1.79 bits per heavy atom. The van der Waals surface area contributed by atoms with Crippen LogP contribution in [0.3, 0.4) is 0 Å². The van der Waals surface area contributed by atoms with Crippen molar-refractivity contribution < 1.29 is 9.90 Å². The molecule has 3 fully saturated rings. The standard InChI is InChI=1S/C28H28N4O2/c1-16-24(21-8-5-13-29-26(21)30-16)27-31-20(15-23(32-27)18-6-3-2-4-7-18)14-22-17-9-11-19(12-10-17)25(22)28(33)34/h2-8,13,15,17,19,22,25H,9-12,14H2,1H3,(H,29,30)(H,33,34). The van der Waals surface area contributed by atoms with Crippen LogP contribution >= 0.6 is 0 Å². The van der Waals surface area contributed by atoms with Crippen molar-refractivity contribution in [2.75, 3.05) is 0 Å². The number of hydrogen-bond acceptors (Lipinski definition) is 4. The monoisotopic (exact) mass is 452 g/mol. The number of carbonyl (C=O) groups is 1. The number of nitrogens with one attached hydrogen (secondary N) is 1. The van der Waals surface area contributed by atoms with Crippen molar-refractivity contribution in [1.29, 1.82) is 0 Å². The zero-order valence-electron chi connectivity index (χ0n) is 19.2. The van der Waals surface area contributed by atoms with Crippen LogP contribution in [0.25, 0.3) is 33.7 Å². The predicted octanol–water partition coefficient (Wildman–Crippen LogP) is 5.67. The fourth-order valence-corrected chi connectivity index (χ4v) is 6.40. The van der Waals surface area contributed by atoms with Crippen LogP contribution in [0.2, 0.25) is 0 Å². The molecule has 34 heavy (non-hydrogen) atoms. The average molecular weight is 453 g/mol. The van der Waals surface area contributed by atoms with E-state index < -0.39 is 5.97 Å². The van der Waals surface area contributed by atoms with E-state index in [1.807, 2.05) is 37.3 Å². The third kappa shape index (κ3) is 3.58. The van der Waals surface area contributed by atoms with E-state index in [4.69, 9.17) is 9.97 Å². The number of carboxylic acids is 1. The van der Waals surface area contributed by atoms with E-state index in [2.05, 4.69) is 28.2 Å². The van der Waals surface area contributed by atoms with E-state index in [1.54, 1.807) is 6.20 Å². The quantitative estimate of drug-likeness (QED) is 0.407. The van der Waals surface area contributed by atoms with Gasteiger partial charge in [0.05, 0.1) is 11.6 Å². The van der Waals surface area contributed by atoms with Crippen molar-refractivity contribution in [3.8, 4) is 22.6 Å². The largest absolute Gasteiger partial charge is 0.481 e. The summed E-state index contributed by atoms with van der Waals surface area (Å²) in [5, 5.41) is 11.1. The normalized spacial score (nSPS) is 23.9. The maximum atomic E-state index is 12.2. The molecular formula is C28H28N4O2. The molecule has 0 saturated heterocycles. The highest BCUT2D eigenvalue weighted by Crippen LogP contribution is 2.50. The Hall–Kier alpha value is -3.54. The second-order valence-corrected chi connectivity index (χ2v) is 9.87. The third-order valence-corrected chi connectivity index (χ3v) is 7.95. The van der Waals surface area contributed by atoms with Gasteiger partial charge in [-0.15, -0.1) is 0 Å². The van der Waals surface area contributed by atoms with Crippen LogP contribution in [0.5, 0.6) is 0 Å². The van der Waals surface area contributed by atoms with Crippen LogP contribution in [0.1, 0.15) is 37.1 Å². The van der Waals surface area contributed by atoms with Gasteiger partial charge in [-0.25, -0.2) is 15.0 Å². The highest BCUT2D eigenvalue weighted by Gasteiger charge is 2.47. The Balaban J connectivity index is 1.47. The molecule has 7 rings (SSSR count). The summed E-state index contributed by atoms with van der Waals surface area (Å²) in [4.78, 5) is 30.1. The van der Waals surface area contributed by atoms with Crippen molar-refractivity contribution >= 4 is 17.0 Å². The number of aromatic amines is 1. The number of fused-ring (bicyclic) bond motifs is 4. The molecule has 3 aliphatic carbocycles. The minimum atomic E-state index is -0.643. The lowest BCUT2D eigenvalue weighted by Crippen LogP contribution is -2.45. The lowest BCUT2D eigenvalue weighted by molar-refractivity contribution is -0.152. The molecule has 0 radical (unpaired) electrons. The van der Waals surface area contributed by atoms with Gasteiger partial charge in [0.25, 0.3) is 0 Å². The first-order valence-electron chi connectivity index (χ1n) is 12.2. The van der Waals surface area contributed by atoms with E-state index in [1.165, 1.54) is 0 Å². The van der Waals surface area contributed by atoms with Crippen molar-refractivity contribution in [1.82, 2.24) is 19.9 Å². The maximum Gasteiger partial charge on any atom is 0.307 e. The van der Waals surface area contributed by atoms with Gasteiger partial charge in [0.15, 0.2) is 5.82 Å². The Kier molecular flexibility index (Phi) is 5.16. The average Bonchev–Trinajstić information content (AvgIpc) is 3.20. The van der Waals surface area contributed by atoms with E-state index in [-0.39, 0.29) is 11.8 Å². The molecule has 1 aromatic carbocycles. The Bertz CT molecular complexity index is 1360. The first-order chi connectivity index (χ1) is 16.6. The number of pyridine rings is 1. The number of aliphatic carboxylic acids is 1. The molecule has 3 aromatic heterocycles. The second-order valence-electron chi connectivity index (χ2n) is 9.87. The molecule has 2 atom stereocenters. The van der Waals surface area contributed by atoms with E-state index >= 15 is 0 Å². The highest BCUT2D eigenvalue weighted by atomic mass is 16.4. The predicted molar refractivity (Wildman–Crippen MR) is 131 cm³/mol. The molecule has 6 heteroatoms. The van der Waals surface area contributed by atoms with E-state index in [0.717, 1.165) is 64.9 Å². The molecule has 2 N–H and O–H groups in total. The number of aromatic nitrogens is 4. The zero-order chi connectivity index (χ0) is 23.2. The second kappa shape index (κ2) is 8.35. The van der Waals surface area contributed by atoms with Gasteiger partial charge in [-0.05, 0) is 75.0 Å². The maximum absolute atomic E-state index is 12.2. The lowest BCUT2D eigenvalue weighted by atomic mass is 9.57. The number of aryl methyl sites for hydroxylation is 1. The van der Waals surface area contributed by atoms with Gasteiger partial charge in [0.2, 0.25) is 0 Å². The summed E-state index contributed by atoms with van der Waals surface area (Å²) in [7, 11) is 0. The summed E-state index contributed by atoms with van der Waals surface area (Å²) in [6.45, 7) is 2.02. The lowest BCUT2D eigenvalue weighted by Gasteiger charge is -2.46. The number of benzene rings is 1. The topological polar surface area (TPSA) is 91.8 Å². The SMILES string of the molecule is Cc1[nH]c2ncccc2c1-c1nc(CC2C3CCC(CC3)C2C(=O)O)cc(-c2ccccc2)n1. The zero-order valence-corrected chi connectivity index (χ0v) is 19.2. The Labute approximate surface area is 198 Å². The number of H-pyrrole nitrogens is 1. The molecule has 0 aliphatic heterocycles. The molecule has 0 amide bonds. The van der Waals surface area contributed by atoms with Gasteiger partial charge >= 0.3 is 5.97 Å². The minimum absolute atomic E-state index is 0.127. The number of nitrogens with zero attached hydrogens (tertiary/aromatic N) is 3. The van der Waals surface area contributed by atoms with Gasteiger partial charge in [0.1, 0.15) is 5.65 Å². The molecule has 6 nitrogen and oxygen atoms in total. The number of hydrogen-bond donors (Lipinski definition) is 2. The van der Waals surface area contributed by atoms with Crippen LogP contribution in [0.15, 0.2) is 54.7 Å². The van der Waals surface area contributed by atoms with Crippen LogP contribution < -0.4 is 0 Å². The molecule has 3 aliphatic rings. The summed E-state index contributed by atoms with van der Waals surface area (Å²) in [5.74, 6) is 0.636. The van der Waals surface area contributed by atoms with Crippen molar-refractivity contribution in [2.45, 2.75) is 39.0 Å². The van der Waals surface area contributed by atoms with Crippen LogP contribution in [0, 0.1) is 30.6 Å². The molecule has 3 saturated carbocycles. The van der Waals surface area contributed by atoms with Gasteiger partial charge in [-0.2, -0.15) is 0 Å². The molecule has 4 aromatic rings. The van der Waals surface area contributed by atoms with Gasteiger partial charge in [0, 0.05) is 34.1 Å². The van der Waals surface area contributed by atoms with Crippen molar-refractivity contribution in [2.24, 2.45) is 23.7 Å². The smallest absolute Gasteiger partial charge is 0.307 e. The first-order valence-corrected chi connectivity index (χ1v) is 12.2. The molecule has 2 bridgehead atoms. The third-order valence-electron chi connectivity index (χ3n) is 7.95. The summed E-state index contributed by atoms with van der Waals surface area (Å²) in [6.07, 6.45) is 6.81. The molecule has 3 heterocycles. The Morgan fingerprint density at radius 3 is 2.56 bits per heavy atom. The minimum Gasteiger partial charge on any atom is -0.481 e. The van der Waals surface area contributed by atoms with Crippen LogP contribution in [0.4, 0.5) is 0 Å². The Morgan fingerprint density at radius 1 is 1.03 bits per heavy atom. The summed E-state index contributed by atoms with van der Waals surface area (Å²) < 4.78 is 0. The van der Waals surface area contributed by atoms with Crippen LogP contribution in [-0.4, -0.2) is 31.0 Å². The summed E-state index contributed by atoms with van der Waals surface area (Å²) >= 11 is 0. The number of rotatable bonds is 5. The molecule has 2 unspecified atom stereocenters. The van der Waals surface area contributed by atoms with Crippen molar-refractivity contribution in [3.05, 3.63) is 66.1 Å². The van der Waals surface area contributed by atoms with Crippen molar-refractivity contribution in [3.63, 3.8) is 0 Å². The first kappa shape index (κ1) is 21.0. The van der Waals surface area contributed by atoms with Gasteiger partial charge in [-0.1, -0.05) is 30.3 Å². The number of carboxylic acid groups (broad SMARTS) is 1. The summed E-state index contributed by atoms with van der Waals surface area (Å²) in [5.41, 5.74) is 5.58. The van der Waals surface area contributed by atoms with Gasteiger partial charge < -0.3 is 10.1 Å². The highest BCUT2D eigenvalue weighted by molar-refractivity contribution is 5.93.